The van der Waals surface area contributed by atoms with Crippen LogP contribution in [0.2, 0.25) is 0 Å². The number of benzene rings is 1. The highest BCUT2D eigenvalue weighted by molar-refractivity contribution is 5.89. The zero-order chi connectivity index (χ0) is 17.4. The van der Waals surface area contributed by atoms with E-state index in [1.54, 1.807) is 19.1 Å². The van der Waals surface area contributed by atoms with Crippen molar-refractivity contribution in [3.63, 3.8) is 0 Å². The van der Waals surface area contributed by atoms with Crippen LogP contribution in [0.3, 0.4) is 0 Å². The molecular formula is C17H25N3O4. The highest BCUT2D eigenvalue weighted by Gasteiger charge is 2.33. The highest BCUT2D eigenvalue weighted by atomic mass is 16.5. The molecule has 0 saturated carbocycles. The molecule has 1 aliphatic rings. The van der Waals surface area contributed by atoms with Crippen LogP contribution in [0.5, 0.6) is 5.75 Å². The van der Waals surface area contributed by atoms with Crippen LogP contribution in [0.15, 0.2) is 24.3 Å². The SMILES string of the molecule is CNC(=O)C1CCCN1C(=O)CNc1cccc(OCCOC)c1. The number of likely N-dealkylation sites (tertiary alicyclic amines) is 1. The van der Waals surface area contributed by atoms with Crippen molar-refractivity contribution in [2.24, 2.45) is 0 Å². The maximum atomic E-state index is 12.4. The van der Waals surface area contributed by atoms with Gasteiger partial charge in [0.2, 0.25) is 11.8 Å². The number of anilines is 1. The van der Waals surface area contributed by atoms with Gasteiger partial charge in [-0.15, -0.1) is 0 Å². The maximum absolute atomic E-state index is 12.4. The smallest absolute Gasteiger partial charge is 0.242 e. The van der Waals surface area contributed by atoms with Crippen LogP contribution in [0.4, 0.5) is 5.69 Å². The maximum Gasteiger partial charge on any atom is 0.242 e. The van der Waals surface area contributed by atoms with E-state index >= 15 is 0 Å². The Morgan fingerprint density at radius 1 is 1.33 bits per heavy atom. The van der Waals surface area contributed by atoms with Gasteiger partial charge in [-0.3, -0.25) is 9.59 Å². The van der Waals surface area contributed by atoms with Gasteiger partial charge in [0.05, 0.1) is 13.2 Å². The minimum absolute atomic E-state index is 0.0770. The topological polar surface area (TPSA) is 79.9 Å². The molecule has 1 aromatic rings. The molecule has 0 radical (unpaired) electrons. The van der Waals surface area contributed by atoms with E-state index < -0.39 is 0 Å². The molecule has 1 fully saturated rings. The molecule has 1 unspecified atom stereocenters. The van der Waals surface area contributed by atoms with Crippen LogP contribution in [0.1, 0.15) is 12.8 Å². The monoisotopic (exact) mass is 335 g/mol. The summed E-state index contributed by atoms with van der Waals surface area (Å²) in [6.07, 6.45) is 1.57. The van der Waals surface area contributed by atoms with E-state index in [1.807, 2.05) is 24.3 Å². The van der Waals surface area contributed by atoms with Crippen LogP contribution < -0.4 is 15.4 Å². The number of carbonyl (C=O) groups is 2. The summed E-state index contributed by atoms with van der Waals surface area (Å²) in [4.78, 5) is 25.8. The Labute approximate surface area is 142 Å². The number of rotatable bonds is 8. The standard InChI is InChI=1S/C17H25N3O4/c1-18-17(22)15-7-4-8-20(15)16(21)12-19-13-5-3-6-14(11-13)24-10-9-23-2/h3,5-6,11,15,19H,4,7-10,12H2,1-2H3,(H,18,22). The van der Waals surface area contributed by atoms with Crippen molar-refractivity contribution < 1.29 is 19.1 Å². The van der Waals surface area contributed by atoms with Gasteiger partial charge in [0.25, 0.3) is 0 Å². The number of methoxy groups -OCH3 is 1. The van der Waals surface area contributed by atoms with Gasteiger partial charge >= 0.3 is 0 Å². The number of ether oxygens (including phenoxy) is 2. The fraction of sp³-hybridized carbons (Fsp3) is 0.529. The zero-order valence-electron chi connectivity index (χ0n) is 14.2. The molecule has 2 amide bonds. The van der Waals surface area contributed by atoms with Gasteiger partial charge in [0, 0.05) is 32.5 Å². The summed E-state index contributed by atoms with van der Waals surface area (Å²) in [5, 5.41) is 5.71. The van der Waals surface area contributed by atoms with Crippen LogP contribution in [-0.4, -0.2) is 63.2 Å². The first-order valence-corrected chi connectivity index (χ1v) is 8.12. The Hall–Kier alpha value is -2.28. The third-order valence-electron chi connectivity index (χ3n) is 3.96. The van der Waals surface area contributed by atoms with Crippen LogP contribution in [-0.2, 0) is 14.3 Å². The Kier molecular flexibility index (Phi) is 6.87. The number of hydrogen-bond donors (Lipinski definition) is 2. The number of carbonyl (C=O) groups excluding carboxylic acids is 2. The molecule has 0 spiro atoms. The molecular weight excluding hydrogens is 310 g/mol. The average Bonchev–Trinajstić information content (AvgIpc) is 3.09. The van der Waals surface area contributed by atoms with Crippen molar-refractivity contribution >= 4 is 17.5 Å². The lowest BCUT2D eigenvalue weighted by atomic mass is 10.2. The molecule has 1 atom stereocenters. The molecule has 1 aliphatic heterocycles. The Balaban J connectivity index is 1.87. The minimum atomic E-state index is -0.354. The van der Waals surface area contributed by atoms with E-state index in [9.17, 15) is 9.59 Å². The molecule has 2 N–H and O–H groups in total. The van der Waals surface area contributed by atoms with Gasteiger partial charge in [-0.2, -0.15) is 0 Å². The number of nitrogens with zero attached hydrogens (tertiary/aromatic N) is 1. The summed E-state index contributed by atoms with van der Waals surface area (Å²) in [6, 6.07) is 7.07. The minimum Gasteiger partial charge on any atom is -0.491 e. The first-order valence-electron chi connectivity index (χ1n) is 8.12. The van der Waals surface area contributed by atoms with Crippen molar-refractivity contribution in [3.05, 3.63) is 24.3 Å². The molecule has 0 aliphatic carbocycles. The second kappa shape index (κ2) is 9.12. The number of likely N-dealkylation sites (N-methyl/N-ethyl adjacent to an activating group) is 1. The first kappa shape index (κ1) is 18.1. The molecule has 2 rings (SSSR count). The van der Waals surface area contributed by atoms with Crippen LogP contribution >= 0.6 is 0 Å². The van der Waals surface area contributed by atoms with Crippen LogP contribution in [0, 0.1) is 0 Å². The van der Waals surface area contributed by atoms with Crippen molar-refractivity contribution in [1.82, 2.24) is 10.2 Å². The summed E-state index contributed by atoms with van der Waals surface area (Å²) < 4.78 is 10.5. The fourth-order valence-corrected chi connectivity index (χ4v) is 2.72. The van der Waals surface area contributed by atoms with E-state index in [-0.39, 0.29) is 24.4 Å². The largest absolute Gasteiger partial charge is 0.491 e. The Morgan fingerprint density at radius 3 is 2.92 bits per heavy atom. The van der Waals surface area contributed by atoms with E-state index in [4.69, 9.17) is 9.47 Å². The van der Waals surface area contributed by atoms with Crippen molar-refractivity contribution in [2.75, 3.05) is 45.8 Å². The number of amides is 2. The van der Waals surface area contributed by atoms with E-state index in [1.165, 1.54) is 0 Å². The van der Waals surface area contributed by atoms with Crippen molar-refractivity contribution in [2.45, 2.75) is 18.9 Å². The second-order valence-electron chi connectivity index (χ2n) is 5.58. The van der Waals surface area contributed by atoms with Gasteiger partial charge in [-0.25, -0.2) is 0 Å². The highest BCUT2D eigenvalue weighted by Crippen LogP contribution is 2.19. The molecule has 0 bridgehead atoms. The molecule has 1 heterocycles. The van der Waals surface area contributed by atoms with Gasteiger partial charge in [-0.1, -0.05) is 6.07 Å². The van der Waals surface area contributed by atoms with Gasteiger partial charge in [0.1, 0.15) is 18.4 Å². The van der Waals surface area contributed by atoms with Crippen LogP contribution in [0.25, 0.3) is 0 Å². The first-order chi connectivity index (χ1) is 11.7. The van der Waals surface area contributed by atoms with Crippen molar-refractivity contribution in [3.8, 4) is 5.75 Å². The second-order valence-corrected chi connectivity index (χ2v) is 5.58. The molecule has 1 aromatic carbocycles. The lowest BCUT2D eigenvalue weighted by molar-refractivity contribution is -0.136. The van der Waals surface area contributed by atoms with Crippen molar-refractivity contribution in [1.29, 1.82) is 0 Å². The summed E-state index contributed by atoms with van der Waals surface area (Å²) in [5.41, 5.74) is 0.800. The number of nitrogens with one attached hydrogen (secondary N) is 2. The fourth-order valence-electron chi connectivity index (χ4n) is 2.72. The summed E-state index contributed by atoms with van der Waals surface area (Å²) in [7, 11) is 3.22. The van der Waals surface area contributed by atoms with Gasteiger partial charge < -0.3 is 25.0 Å². The summed E-state index contributed by atoms with van der Waals surface area (Å²) >= 11 is 0. The summed E-state index contributed by atoms with van der Waals surface area (Å²) in [5.74, 6) is 0.537. The van der Waals surface area contributed by atoms with E-state index in [2.05, 4.69) is 10.6 Å². The Morgan fingerprint density at radius 2 is 2.17 bits per heavy atom. The molecule has 0 aromatic heterocycles. The summed E-state index contributed by atoms with van der Waals surface area (Å²) in [6.45, 7) is 1.76. The lowest BCUT2D eigenvalue weighted by Crippen LogP contribution is -2.46. The quantitative estimate of drug-likeness (QED) is 0.689. The molecule has 24 heavy (non-hydrogen) atoms. The average molecular weight is 335 g/mol. The predicted molar refractivity (Wildman–Crippen MR) is 91.1 cm³/mol. The van der Waals surface area contributed by atoms with E-state index in [0.717, 1.165) is 12.1 Å². The van der Waals surface area contributed by atoms with Gasteiger partial charge in [-0.05, 0) is 25.0 Å². The van der Waals surface area contributed by atoms with Gasteiger partial charge in [0.15, 0.2) is 0 Å². The molecule has 7 nitrogen and oxygen atoms in total. The third kappa shape index (κ3) is 4.86. The molecule has 1 saturated heterocycles. The molecule has 132 valence electrons. The molecule has 7 heteroatoms. The zero-order valence-corrected chi connectivity index (χ0v) is 14.2. The lowest BCUT2D eigenvalue weighted by Gasteiger charge is -2.23. The predicted octanol–water partition coefficient (Wildman–Crippen LogP) is 0.861. The third-order valence-corrected chi connectivity index (χ3v) is 3.96. The Bertz CT molecular complexity index is 565. The number of hydrogen-bond acceptors (Lipinski definition) is 5. The normalized spacial score (nSPS) is 16.8. The van der Waals surface area contributed by atoms with E-state index in [0.29, 0.717) is 31.9 Å².